The number of nitrogens with zero attached hydrogens (tertiary/aromatic N) is 5. The molecule has 1 aromatic heterocycles. The molecule has 7 heteroatoms. The molecule has 0 bridgehead atoms. The van der Waals surface area contributed by atoms with Crippen LogP contribution in [-0.2, 0) is 0 Å². The quantitative estimate of drug-likeness (QED) is 0.777. The fraction of sp³-hybridized carbons (Fsp3) is 0.786. The van der Waals surface area contributed by atoms with Gasteiger partial charge >= 0.3 is 0 Å². The third-order valence-corrected chi connectivity index (χ3v) is 4.05. The summed E-state index contributed by atoms with van der Waals surface area (Å²) in [6.45, 7) is 12.4. The summed E-state index contributed by atoms with van der Waals surface area (Å²) >= 11 is 0. The Balaban J connectivity index is 1.97. The number of nitrogens with one attached hydrogen (secondary N) is 1. The van der Waals surface area contributed by atoms with E-state index < -0.39 is 0 Å². The standard InChI is InChI=1S/C14H27N7/c1-4-20-8-7-11(10-20)9-16-13-17-12(15)18-14(19-13)21(5-2)6-3/h11H,4-10H2,1-3H3,(H3,15,16,17,18,19). The Labute approximate surface area is 127 Å². The lowest BCUT2D eigenvalue weighted by atomic mass is 10.1. The van der Waals surface area contributed by atoms with E-state index in [9.17, 15) is 0 Å². The van der Waals surface area contributed by atoms with Gasteiger partial charge in [-0.3, -0.25) is 0 Å². The Morgan fingerprint density at radius 2 is 2.00 bits per heavy atom. The second-order valence-corrected chi connectivity index (χ2v) is 5.42. The van der Waals surface area contributed by atoms with E-state index in [0.29, 0.717) is 17.8 Å². The molecule has 1 unspecified atom stereocenters. The predicted molar refractivity (Wildman–Crippen MR) is 86.5 cm³/mol. The van der Waals surface area contributed by atoms with Crippen molar-refractivity contribution in [3.8, 4) is 0 Å². The zero-order valence-corrected chi connectivity index (χ0v) is 13.3. The fourth-order valence-corrected chi connectivity index (χ4v) is 2.71. The molecular weight excluding hydrogens is 266 g/mol. The largest absolute Gasteiger partial charge is 0.368 e. The van der Waals surface area contributed by atoms with Crippen molar-refractivity contribution < 1.29 is 0 Å². The van der Waals surface area contributed by atoms with Crippen molar-refractivity contribution in [3.05, 3.63) is 0 Å². The van der Waals surface area contributed by atoms with Gasteiger partial charge in [0.1, 0.15) is 0 Å². The first-order valence-electron chi connectivity index (χ1n) is 7.88. The van der Waals surface area contributed by atoms with E-state index >= 15 is 0 Å². The number of rotatable bonds is 7. The molecule has 0 aliphatic carbocycles. The van der Waals surface area contributed by atoms with Crippen LogP contribution < -0.4 is 16.0 Å². The van der Waals surface area contributed by atoms with Crippen molar-refractivity contribution in [3.63, 3.8) is 0 Å². The molecule has 7 nitrogen and oxygen atoms in total. The Hall–Kier alpha value is -1.63. The molecule has 1 fully saturated rings. The summed E-state index contributed by atoms with van der Waals surface area (Å²) in [5.41, 5.74) is 5.80. The van der Waals surface area contributed by atoms with Crippen molar-refractivity contribution in [1.82, 2.24) is 19.9 Å². The number of hydrogen-bond donors (Lipinski definition) is 2. The molecule has 1 saturated heterocycles. The monoisotopic (exact) mass is 293 g/mol. The molecule has 0 radical (unpaired) electrons. The van der Waals surface area contributed by atoms with Crippen molar-refractivity contribution >= 4 is 17.8 Å². The average Bonchev–Trinajstić information content (AvgIpc) is 2.94. The van der Waals surface area contributed by atoms with E-state index in [2.05, 4.69) is 50.8 Å². The van der Waals surface area contributed by atoms with E-state index in [1.54, 1.807) is 0 Å². The first-order chi connectivity index (χ1) is 10.2. The van der Waals surface area contributed by atoms with Gasteiger partial charge in [-0.05, 0) is 39.3 Å². The number of likely N-dealkylation sites (tertiary alicyclic amines) is 1. The minimum Gasteiger partial charge on any atom is -0.368 e. The van der Waals surface area contributed by atoms with Crippen molar-refractivity contribution in [2.24, 2.45) is 5.92 Å². The zero-order valence-electron chi connectivity index (χ0n) is 13.3. The van der Waals surface area contributed by atoms with E-state index in [4.69, 9.17) is 5.73 Å². The summed E-state index contributed by atoms with van der Waals surface area (Å²) in [5.74, 6) is 2.16. The second kappa shape index (κ2) is 7.40. The molecule has 0 aromatic carbocycles. The fourth-order valence-electron chi connectivity index (χ4n) is 2.71. The van der Waals surface area contributed by atoms with Crippen LogP contribution in [0.15, 0.2) is 0 Å². The van der Waals surface area contributed by atoms with E-state index in [1.807, 2.05) is 0 Å². The summed E-state index contributed by atoms with van der Waals surface area (Å²) < 4.78 is 0. The van der Waals surface area contributed by atoms with Gasteiger partial charge in [0.05, 0.1) is 0 Å². The maximum absolute atomic E-state index is 5.80. The highest BCUT2D eigenvalue weighted by atomic mass is 15.3. The summed E-state index contributed by atoms with van der Waals surface area (Å²) in [7, 11) is 0. The van der Waals surface area contributed by atoms with Gasteiger partial charge in [0.15, 0.2) is 0 Å². The van der Waals surface area contributed by atoms with E-state index in [1.165, 1.54) is 13.0 Å². The van der Waals surface area contributed by atoms with Gasteiger partial charge in [-0.25, -0.2) is 0 Å². The molecule has 2 rings (SSSR count). The lowest BCUT2D eigenvalue weighted by Crippen LogP contribution is -2.26. The Bertz CT molecular complexity index is 447. The molecule has 1 aliphatic rings. The van der Waals surface area contributed by atoms with Crippen LogP contribution >= 0.6 is 0 Å². The first-order valence-corrected chi connectivity index (χ1v) is 7.88. The van der Waals surface area contributed by atoms with E-state index in [0.717, 1.165) is 32.7 Å². The molecule has 0 spiro atoms. The third kappa shape index (κ3) is 4.17. The van der Waals surface area contributed by atoms with Crippen LogP contribution in [0.1, 0.15) is 27.2 Å². The summed E-state index contributed by atoms with van der Waals surface area (Å²) in [6.07, 6.45) is 1.23. The van der Waals surface area contributed by atoms with E-state index in [-0.39, 0.29) is 5.95 Å². The Morgan fingerprint density at radius 1 is 1.24 bits per heavy atom. The predicted octanol–water partition coefficient (Wildman–Crippen LogP) is 1.05. The lowest BCUT2D eigenvalue weighted by Gasteiger charge is -2.19. The van der Waals surface area contributed by atoms with Gasteiger partial charge in [-0.2, -0.15) is 15.0 Å². The van der Waals surface area contributed by atoms with Gasteiger partial charge in [0.2, 0.25) is 17.8 Å². The van der Waals surface area contributed by atoms with Crippen LogP contribution in [0.2, 0.25) is 0 Å². The van der Waals surface area contributed by atoms with Crippen LogP contribution in [0.25, 0.3) is 0 Å². The van der Waals surface area contributed by atoms with Crippen LogP contribution in [0, 0.1) is 5.92 Å². The molecule has 118 valence electrons. The van der Waals surface area contributed by atoms with Crippen LogP contribution in [0.3, 0.4) is 0 Å². The summed E-state index contributed by atoms with van der Waals surface area (Å²) in [4.78, 5) is 17.4. The van der Waals surface area contributed by atoms with Crippen LogP contribution in [0.4, 0.5) is 17.8 Å². The third-order valence-electron chi connectivity index (χ3n) is 4.05. The maximum atomic E-state index is 5.80. The number of aromatic nitrogens is 3. The molecule has 1 atom stereocenters. The molecule has 1 aromatic rings. The normalized spacial score (nSPS) is 18.9. The average molecular weight is 293 g/mol. The van der Waals surface area contributed by atoms with Gasteiger partial charge in [0, 0.05) is 26.2 Å². The first kappa shape index (κ1) is 15.8. The number of nitrogen functional groups attached to an aromatic ring is 1. The Kier molecular flexibility index (Phi) is 5.55. The maximum Gasteiger partial charge on any atom is 0.231 e. The van der Waals surface area contributed by atoms with Crippen molar-refractivity contribution in [2.75, 3.05) is 55.2 Å². The zero-order chi connectivity index (χ0) is 15.2. The summed E-state index contributed by atoms with van der Waals surface area (Å²) in [6, 6.07) is 0. The lowest BCUT2D eigenvalue weighted by molar-refractivity contribution is 0.345. The molecule has 2 heterocycles. The highest BCUT2D eigenvalue weighted by molar-refractivity contribution is 5.41. The van der Waals surface area contributed by atoms with Gasteiger partial charge < -0.3 is 20.9 Å². The van der Waals surface area contributed by atoms with Crippen LogP contribution in [0.5, 0.6) is 0 Å². The highest BCUT2D eigenvalue weighted by Gasteiger charge is 2.21. The number of anilines is 3. The topological polar surface area (TPSA) is 83.2 Å². The number of hydrogen-bond acceptors (Lipinski definition) is 7. The molecule has 0 amide bonds. The summed E-state index contributed by atoms with van der Waals surface area (Å²) in [5, 5.41) is 3.32. The van der Waals surface area contributed by atoms with Crippen LogP contribution in [-0.4, -0.2) is 59.1 Å². The second-order valence-electron chi connectivity index (χ2n) is 5.42. The molecule has 3 N–H and O–H groups in total. The smallest absolute Gasteiger partial charge is 0.231 e. The van der Waals surface area contributed by atoms with Gasteiger partial charge in [-0.15, -0.1) is 0 Å². The van der Waals surface area contributed by atoms with Crippen molar-refractivity contribution in [1.29, 1.82) is 0 Å². The molecule has 1 aliphatic heterocycles. The minimum atomic E-state index is 0.274. The van der Waals surface area contributed by atoms with Gasteiger partial charge in [-0.1, -0.05) is 6.92 Å². The molecule has 0 saturated carbocycles. The van der Waals surface area contributed by atoms with Gasteiger partial charge in [0.25, 0.3) is 0 Å². The molecular formula is C14H27N7. The SMILES string of the molecule is CCN1CCC(CNc2nc(N)nc(N(CC)CC)n2)C1. The van der Waals surface area contributed by atoms with Crippen molar-refractivity contribution in [2.45, 2.75) is 27.2 Å². The molecule has 21 heavy (non-hydrogen) atoms. The minimum absolute atomic E-state index is 0.274. The Morgan fingerprint density at radius 3 is 2.62 bits per heavy atom. The number of nitrogens with two attached hydrogens (primary N) is 1. The highest BCUT2D eigenvalue weighted by Crippen LogP contribution is 2.17.